The Bertz CT molecular complexity index is 1850. The molecular formula is C32H27Cl2FN4O3S. The van der Waals surface area contributed by atoms with Crippen molar-refractivity contribution in [3.05, 3.63) is 117 Å². The standard InChI is InChI=1S/C32H27Cl2FN4O3S/c33-27-12-10-23(18-28(27)34)43(41,42)39-29-4-2-1-3-25(29)24-11-9-22(35)17-26(24)30(39)19-31(40)36-14-13-20-5-7-21(8-6-20)32-37-15-16-38-32/h1-12,17-18,30H,13-16,19H2,(H,36,40)(H,37,38). The third-order valence-corrected chi connectivity index (χ3v) is 10.1. The van der Waals surface area contributed by atoms with Crippen molar-refractivity contribution in [1.29, 1.82) is 0 Å². The molecular weight excluding hydrogens is 610 g/mol. The van der Waals surface area contributed by atoms with E-state index in [0.717, 1.165) is 30.1 Å². The molecule has 6 rings (SSSR count). The monoisotopic (exact) mass is 636 g/mol. The molecule has 2 aliphatic heterocycles. The van der Waals surface area contributed by atoms with Gasteiger partial charge in [0.25, 0.3) is 10.0 Å². The molecule has 43 heavy (non-hydrogen) atoms. The molecule has 1 amide bonds. The van der Waals surface area contributed by atoms with E-state index < -0.39 is 21.9 Å². The number of anilines is 1. The molecule has 2 heterocycles. The molecule has 0 aliphatic carbocycles. The molecule has 11 heteroatoms. The van der Waals surface area contributed by atoms with Crippen molar-refractivity contribution >= 4 is 50.7 Å². The van der Waals surface area contributed by atoms with E-state index in [1.54, 1.807) is 30.3 Å². The van der Waals surface area contributed by atoms with Gasteiger partial charge in [-0.25, -0.2) is 12.8 Å². The number of hydrogen-bond acceptors (Lipinski definition) is 5. The summed E-state index contributed by atoms with van der Waals surface area (Å²) in [4.78, 5) is 17.7. The van der Waals surface area contributed by atoms with Gasteiger partial charge in [0.15, 0.2) is 0 Å². The summed E-state index contributed by atoms with van der Waals surface area (Å²) in [5, 5.41) is 6.45. The van der Waals surface area contributed by atoms with Crippen LogP contribution in [0.1, 0.15) is 29.2 Å². The average Bonchev–Trinajstić information content (AvgIpc) is 3.54. The van der Waals surface area contributed by atoms with Crippen LogP contribution in [0.5, 0.6) is 0 Å². The summed E-state index contributed by atoms with van der Waals surface area (Å²) in [5.41, 5.74) is 4.10. The number of rotatable bonds is 8. The van der Waals surface area contributed by atoms with Crippen molar-refractivity contribution in [3.63, 3.8) is 0 Å². The molecule has 220 valence electrons. The number of amidine groups is 1. The van der Waals surface area contributed by atoms with Crippen LogP contribution in [0.25, 0.3) is 11.1 Å². The maximum atomic E-state index is 14.6. The van der Waals surface area contributed by atoms with Gasteiger partial charge in [-0.2, -0.15) is 0 Å². The van der Waals surface area contributed by atoms with Gasteiger partial charge in [0.2, 0.25) is 5.91 Å². The first-order chi connectivity index (χ1) is 20.7. The number of sulfonamides is 1. The number of benzene rings is 4. The largest absolute Gasteiger partial charge is 0.368 e. The Kier molecular flexibility index (Phi) is 8.13. The Hall–Kier alpha value is -3.92. The third kappa shape index (κ3) is 5.85. The van der Waals surface area contributed by atoms with Gasteiger partial charge >= 0.3 is 0 Å². The SMILES string of the molecule is O=C(CC1c2cc(F)ccc2-c2ccccc2N1S(=O)(=O)c1ccc(Cl)c(Cl)c1)NCCc1ccc(C2=NCCN2)cc1. The predicted molar refractivity (Wildman–Crippen MR) is 168 cm³/mol. The molecule has 0 aromatic heterocycles. The summed E-state index contributed by atoms with van der Waals surface area (Å²) in [6.45, 7) is 1.94. The predicted octanol–water partition coefficient (Wildman–Crippen LogP) is 6.15. The van der Waals surface area contributed by atoms with Crippen molar-refractivity contribution < 1.29 is 17.6 Å². The number of aliphatic imine (C=N–C) groups is 1. The van der Waals surface area contributed by atoms with Crippen LogP contribution in [0.3, 0.4) is 0 Å². The van der Waals surface area contributed by atoms with Crippen LogP contribution in [0.2, 0.25) is 10.0 Å². The fraction of sp³-hybridized carbons (Fsp3) is 0.188. The first kappa shape index (κ1) is 29.2. The lowest BCUT2D eigenvalue weighted by atomic mass is 9.88. The number of amides is 1. The molecule has 7 nitrogen and oxygen atoms in total. The van der Waals surface area contributed by atoms with Gasteiger partial charge in [-0.05, 0) is 59.5 Å². The van der Waals surface area contributed by atoms with Crippen molar-refractivity contribution in [3.8, 4) is 11.1 Å². The lowest BCUT2D eigenvalue weighted by Gasteiger charge is -2.39. The van der Waals surface area contributed by atoms with Crippen molar-refractivity contribution in [2.24, 2.45) is 4.99 Å². The van der Waals surface area contributed by atoms with E-state index in [9.17, 15) is 17.6 Å². The Balaban J connectivity index is 1.28. The highest BCUT2D eigenvalue weighted by molar-refractivity contribution is 7.92. The normalized spacial score (nSPS) is 15.7. The van der Waals surface area contributed by atoms with Crippen LogP contribution in [0, 0.1) is 5.82 Å². The van der Waals surface area contributed by atoms with E-state index in [4.69, 9.17) is 23.2 Å². The van der Waals surface area contributed by atoms with Gasteiger partial charge in [0.1, 0.15) is 11.7 Å². The van der Waals surface area contributed by atoms with Gasteiger partial charge in [-0.15, -0.1) is 0 Å². The van der Waals surface area contributed by atoms with Crippen LogP contribution in [-0.4, -0.2) is 39.8 Å². The highest BCUT2D eigenvalue weighted by Crippen LogP contribution is 2.48. The fourth-order valence-corrected chi connectivity index (χ4v) is 7.54. The van der Waals surface area contributed by atoms with Crippen LogP contribution >= 0.6 is 23.2 Å². The summed E-state index contributed by atoms with van der Waals surface area (Å²) in [6.07, 6.45) is 0.353. The topological polar surface area (TPSA) is 90.9 Å². The lowest BCUT2D eigenvalue weighted by Crippen LogP contribution is -2.40. The van der Waals surface area contributed by atoms with Crippen molar-refractivity contribution in [2.45, 2.75) is 23.8 Å². The molecule has 0 saturated carbocycles. The zero-order chi connectivity index (χ0) is 30.1. The van der Waals surface area contributed by atoms with Crippen LogP contribution < -0.4 is 14.9 Å². The Morgan fingerprint density at radius 3 is 2.51 bits per heavy atom. The summed E-state index contributed by atoms with van der Waals surface area (Å²) in [7, 11) is -4.27. The van der Waals surface area contributed by atoms with Gasteiger partial charge < -0.3 is 10.6 Å². The van der Waals surface area contributed by atoms with Gasteiger partial charge in [-0.3, -0.25) is 14.1 Å². The fourth-order valence-electron chi connectivity index (χ4n) is 5.50. The molecule has 4 aromatic rings. The first-order valence-corrected chi connectivity index (χ1v) is 15.9. The summed E-state index contributed by atoms with van der Waals surface area (Å²) in [5.74, 6) is -0.0151. The Labute approximate surface area is 259 Å². The minimum absolute atomic E-state index is 0.0781. The van der Waals surface area contributed by atoms with Crippen molar-refractivity contribution in [1.82, 2.24) is 10.6 Å². The minimum atomic E-state index is -4.27. The second kappa shape index (κ2) is 12.0. The molecule has 4 aromatic carbocycles. The number of carbonyl (C=O) groups is 1. The number of hydrogen-bond donors (Lipinski definition) is 2. The van der Waals surface area contributed by atoms with E-state index >= 15 is 0 Å². The molecule has 0 radical (unpaired) electrons. The summed E-state index contributed by atoms with van der Waals surface area (Å²) < 4.78 is 44.2. The molecule has 0 spiro atoms. The van der Waals surface area contributed by atoms with Gasteiger partial charge in [0, 0.05) is 24.2 Å². The zero-order valence-electron chi connectivity index (χ0n) is 22.9. The maximum Gasteiger partial charge on any atom is 0.264 e. The number of nitrogens with one attached hydrogen (secondary N) is 2. The molecule has 0 bridgehead atoms. The Morgan fingerprint density at radius 2 is 1.77 bits per heavy atom. The first-order valence-electron chi connectivity index (χ1n) is 13.7. The average molecular weight is 638 g/mol. The lowest BCUT2D eigenvalue weighted by molar-refractivity contribution is -0.121. The smallest absolute Gasteiger partial charge is 0.264 e. The summed E-state index contributed by atoms with van der Waals surface area (Å²) >= 11 is 12.3. The number of fused-ring (bicyclic) bond motifs is 3. The van der Waals surface area contributed by atoms with E-state index in [-0.39, 0.29) is 27.3 Å². The molecule has 1 unspecified atom stereocenters. The quantitative estimate of drug-likeness (QED) is 0.243. The third-order valence-electron chi connectivity index (χ3n) is 7.55. The van der Waals surface area contributed by atoms with E-state index in [1.807, 2.05) is 24.3 Å². The highest BCUT2D eigenvalue weighted by atomic mass is 35.5. The number of para-hydroxylation sites is 1. The minimum Gasteiger partial charge on any atom is -0.368 e. The Morgan fingerprint density at radius 1 is 0.977 bits per heavy atom. The van der Waals surface area contributed by atoms with Gasteiger partial charge in [0.05, 0.1) is 39.6 Å². The molecule has 2 aliphatic rings. The van der Waals surface area contributed by atoms with E-state index in [1.165, 1.54) is 34.6 Å². The molecule has 0 fully saturated rings. The molecule has 0 saturated heterocycles. The van der Waals surface area contributed by atoms with Gasteiger partial charge in [-0.1, -0.05) is 71.7 Å². The number of halogens is 3. The zero-order valence-corrected chi connectivity index (χ0v) is 25.2. The second-order valence-corrected chi connectivity index (χ2v) is 12.9. The van der Waals surface area contributed by atoms with Crippen molar-refractivity contribution in [2.75, 3.05) is 23.9 Å². The van der Waals surface area contributed by atoms with E-state index in [0.29, 0.717) is 35.3 Å². The summed E-state index contributed by atoms with van der Waals surface area (Å²) in [6, 6.07) is 22.2. The van der Waals surface area contributed by atoms with Crippen LogP contribution in [-0.2, 0) is 21.2 Å². The maximum absolute atomic E-state index is 14.6. The molecule has 1 atom stereocenters. The number of nitrogens with zero attached hydrogens (tertiary/aromatic N) is 2. The van der Waals surface area contributed by atoms with Crippen LogP contribution in [0.4, 0.5) is 10.1 Å². The van der Waals surface area contributed by atoms with E-state index in [2.05, 4.69) is 15.6 Å². The highest BCUT2D eigenvalue weighted by Gasteiger charge is 2.40. The van der Waals surface area contributed by atoms with Crippen LogP contribution in [0.15, 0.2) is 94.8 Å². The second-order valence-electron chi connectivity index (χ2n) is 10.3. The molecule has 2 N–H and O–H groups in total. The number of carbonyl (C=O) groups excluding carboxylic acids is 1.